The van der Waals surface area contributed by atoms with E-state index in [2.05, 4.69) is 65.7 Å². The van der Waals surface area contributed by atoms with Crippen molar-refractivity contribution in [1.29, 1.82) is 0 Å². The molecule has 1 fully saturated rings. The van der Waals surface area contributed by atoms with Gasteiger partial charge in [-0.15, -0.1) is 0 Å². The molecule has 3 aromatic carbocycles. The molecule has 0 atom stereocenters. The summed E-state index contributed by atoms with van der Waals surface area (Å²) in [5.41, 5.74) is 3.65. The van der Waals surface area contributed by atoms with Gasteiger partial charge in [0.2, 0.25) is 0 Å². The second-order valence-corrected chi connectivity index (χ2v) is 7.69. The summed E-state index contributed by atoms with van der Waals surface area (Å²) in [6.07, 6.45) is 1.87. The van der Waals surface area contributed by atoms with Crippen LogP contribution in [0.2, 0.25) is 0 Å². The van der Waals surface area contributed by atoms with Crippen LogP contribution in [0, 0.1) is 0 Å². The number of rotatable bonds is 7. The number of hydrogen-bond donors (Lipinski definition) is 1. The lowest BCUT2D eigenvalue weighted by atomic mass is 9.96. The fourth-order valence-electron chi connectivity index (χ4n) is 4.30. The number of methoxy groups -OCH3 is 2. The zero-order chi connectivity index (χ0) is 21.5. The van der Waals surface area contributed by atoms with Gasteiger partial charge in [-0.2, -0.15) is 5.10 Å². The molecule has 0 amide bonds. The van der Waals surface area contributed by atoms with E-state index in [1.165, 1.54) is 11.1 Å². The summed E-state index contributed by atoms with van der Waals surface area (Å²) in [6, 6.07) is 27.8. The van der Waals surface area contributed by atoms with Crippen molar-refractivity contribution in [3.8, 4) is 11.5 Å². The van der Waals surface area contributed by atoms with E-state index in [9.17, 15) is 0 Å². The summed E-state index contributed by atoms with van der Waals surface area (Å²) in [6.45, 7) is 3.88. The Labute approximate surface area is 184 Å². The summed E-state index contributed by atoms with van der Waals surface area (Å²) in [4.78, 5) is 1.57. The van der Waals surface area contributed by atoms with Gasteiger partial charge in [0.1, 0.15) is 6.04 Å². The van der Waals surface area contributed by atoms with Crippen molar-refractivity contribution in [2.24, 2.45) is 5.10 Å². The van der Waals surface area contributed by atoms with Crippen molar-refractivity contribution >= 4 is 6.21 Å². The molecule has 0 radical (unpaired) electrons. The van der Waals surface area contributed by atoms with Crippen LogP contribution in [0.4, 0.5) is 0 Å². The molecule has 0 aromatic heterocycles. The highest BCUT2D eigenvalue weighted by Gasteiger charge is 2.29. The van der Waals surface area contributed by atoms with E-state index in [1.54, 1.807) is 19.1 Å². The quantitative estimate of drug-likeness (QED) is 0.602. The number of quaternary nitrogens is 1. The average Bonchev–Trinajstić information content (AvgIpc) is 2.84. The number of piperazine rings is 1. The Morgan fingerprint density at radius 1 is 0.806 bits per heavy atom. The van der Waals surface area contributed by atoms with Crippen molar-refractivity contribution in [2.75, 3.05) is 40.4 Å². The maximum atomic E-state index is 5.51. The SMILES string of the molecule is COc1cccc(/C=N\N2CC[NH+](C(c3ccccc3)c3ccccc3)CC2)c1OC. The van der Waals surface area contributed by atoms with E-state index in [0.717, 1.165) is 31.7 Å². The smallest absolute Gasteiger partial charge is 0.169 e. The van der Waals surface area contributed by atoms with Gasteiger partial charge in [-0.05, 0) is 12.1 Å². The van der Waals surface area contributed by atoms with E-state index < -0.39 is 0 Å². The van der Waals surface area contributed by atoms with Crippen molar-refractivity contribution in [3.05, 3.63) is 95.6 Å². The highest BCUT2D eigenvalue weighted by atomic mass is 16.5. The van der Waals surface area contributed by atoms with Crippen LogP contribution >= 0.6 is 0 Å². The van der Waals surface area contributed by atoms with Gasteiger partial charge < -0.3 is 14.4 Å². The molecule has 1 aliphatic heterocycles. The minimum absolute atomic E-state index is 0.340. The molecule has 5 heteroatoms. The third kappa shape index (κ3) is 4.89. The van der Waals surface area contributed by atoms with E-state index in [-0.39, 0.29) is 0 Å². The van der Waals surface area contributed by atoms with E-state index >= 15 is 0 Å². The van der Waals surface area contributed by atoms with Gasteiger partial charge in [-0.1, -0.05) is 66.7 Å². The van der Waals surface area contributed by atoms with E-state index in [1.807, 2.05) is 24.4 Å². The van der Waals surface area contributed by atoms with Gasteiger partial charge in [-0.25, -0.2) is 0 Å². The number of ether oxygens (including phenoxy) is 2. The van der Waals surface area contributed by atoms with E-state index in [0.29, 0.717) is 17.5 Å². The lowest BCUT2D eigenvalue weighted by Crippen LogP contribution is -3.15. The Hall–Kier alpha value is -3.31. The largest absolute Gasteiger partial charge is 0.493 e. The molecule has 1 N–H and O–H groups in total. The summed E-state index contributed by atoms with van der Waals surface area (Å²) >= 11 is 0. The molecule has 3 aromatic rings. The molecule has 31 heavy (non-hydrogen) atoms. The minimum atomic E-state index is 0.340. The second-order valence-electron chi connectivity index (χ2n) is 7.69. The number of hydrogen-bond acceptors (Lipinski definition) is 4. The fourth-order valence-corrected chi connectivity index (χ4v) is 4.30. The fraction of sp³-hybridized carbons (Fsp3) is 0.269. The maximum absolute atomic E-state index is 5.51. The molecule has 1 heterocycles. The molecule has 160 valence electrons. The Bertz CT molecular complexity index is 945. The Balaban J connectivity index is 1.47. The lowest BCUT2D eigenvalue weighted by Gasteiger charge is -2.36. The summed E-state index contributed by atoms with van der Waals surface area (Å²) < 4.78 is 10.9. The normalized spacial score (nSPS) is 14.9. The van der Waals surface area contributed by atoms with Crippen molar-refractivity contribution < 1.29 is 14.4 Å². The van der Waals surface area contributed by atoms with Crippen LogP contribution in [0.1, 0.15) is 22.7 Å². The molecule has 0 unspecified atom stereocenters. The first-order valence-electron chi connectivity index (χ1n) is 10.7. The molecule has 1 aliphatic rings. The first-order chi connectivity index (χ1) is 15.3. The molecule has 4 rings (SSSR count). The van der Waals surface area contributed by atoms with Crippen LogP contribution in [0.15, 0.2) is 84.0 Å². The first-order valence-corrected chi connectivity index (χ1v) is 10.7. The maximum Gasteiger partial charge on any atom is 0.169 e. The number of hydrazone groups is 1. The predicted octanol–water partition coefficient (Wildman–Crippen LogP) is 3.03. The minimum Gasteiger partial charge on any atom is -0.493 e. The molecular formula is C26H30N3O2+. The third-order valence-corrected chi connectivity index (χ3v) is 5.85. The van der Waals surface area contributed by atoms with Crippen molar-refractivity contribution in [3.63, 3.8) is 0 Å². The third-order valence-electron chi connectivity index (χ3n) is 5.85. The summed E-state index contributed by atoms with van der Waals surface area (Å²) in [7, 11) is 3.31. The Kier molecular flexibility index (Phi) is 6.85. The van der Waals surface area contributed by atoms with Crippen LogP contribution in [-0.4, -0.2) is 51.6 Å². The van der Waals surface area contributed by atoms with Crippen LogP contribution in [0.5, 0.6) is 11.5 Å². The number of nitrogens with zero attached hydrogens (tertiary/aromatic N) is 2. The monoisotopic (exact) mass is 416 g/mol. The Morgan fingerprint density at radius 3 is 1.97 bits per heavy atom. The van der Waals surface area contributed by atoms with Crippen LogP contribution in [0.3, 0.4) is 0 Å². The van der Waals surface area contributed by atoms with Gasteiger partial charge in [0, 0.05) is 16.7 Å². The number of benzene rings is 3. The molecule has 5 nitrogen and oxygen atoms in total. The Morgan fingerprint density at radius 2 is 1.42 bits per heavy atom. The summed E-state index contributed by atoms with van der Waals surface area (Å²) in [5.74, 6) is 1.43. The number of nitrogens with one attached hydrogen (secondary N) is 1. The predicted molar refractivity (Wildman–Crippen MR) is 124 cm³/mol. The molecule has 1 saturated heterocycles. The lowest BCUT2D eigenvalue weighted by molar-refractivity contribution is -0.929. The van der Waals surface area contributed by atoms with Gasteiger partial charge in [0.05, 0.1) is 46.6 Å². The van der Waals surface area contributed by atoms with E-state index in [4.69, 9.17) is 14.6 Å². The first kappa shape index (κ1) is 20.9. The van der Waals surface area contributed by atoms with Gasteiger partial charge >= 0.3 is 0 Å². The zero-order valence-electron chi connectivity index (χ0n) is 18.2. The van der Waals surface area contributed by atoms with Gasteiger partial charge in [0.25, 0.3) is 0 Å². The van der Waals surface area contributed by atoms with Crippen molar-refractivity contribution in [2.45, 2.75) is 6.04 Å². The highest BCUT2D eigenvalue weighted by Crippen LogP contribution is 2.29. The zero-order valence-corrected chi connectivity index (χ0v) is 18.2. The molecule has 0 bridgehead atoms. The highest BCUT2D eigenvalue weighted by molar-refractivity contribution is 5.84. The average molecular weight is 417 g/mol. The second kappa shape index (κ2) is 10.1. The summed E-state index contributed by atoms with van der Waals surface area (Å²) in [5, 5.41) is 6.88. The molecule has 0 spiro atoms. The topological polar surface area (TPSA) is 38.5 Å². The van der Waals surface area contributed by atoms with Crippen LogP contribution in [-0.2, 0) is 0 Å². The van der Waals surface area contributed by atoms with Crippen molar-refractivity contribution in [1.82, 2.24) is 5.01 Å². The van der Waals surface area contributed by atoms with Crippen LogP contribution < -0.4 is 14.4 Å². The van der Waals surface area contributed by atoms with Gasteiger partial charge in [0.15, 0.2) is 11.5 Å². The molecule has 0 aliphatic carbocycles. The molecular weight excluding hydrogens is 386 g/mol. The number of para-hydroxylation sites is 1. The van der Waals surface area contributed by atoms with Gasteiger partial charge in [-0.3, -0.25) is 5.01 Å². The van der Waals surface area contributed by atoms with Crippen LogP contribution in [0.25, 0.3) is 0 Å². The standard InChI is InChI=1S/C26H29N3O2/c1-30-24-15-9-14-23(26(24)31-2)20-27-29-18-16-28(17-19-29)25(21-10-5-3-6-11-21)22-12-7-4-8-13-22/h3-15,20,25H,16-19H2,1-2H3/p+1/b27-20-. The molecule has 0 saturated carbocycles.